The van der Waals surface area contributed by atoms with Crippen LogP contribution in [0.2, 0.25) is 0 Å². The zero-order chi connectivity index (χ0) is 16.0. The quantitative estimate of drug-likeness (QED) is 0.691. The van der Waals surface area contributed by atoms with Crippen molar-refractivity contribution in [2.24, 2.45) is 0 Å². The van der Waals surface area contributed by atoms with E-state index < -0.39 is 9.84 Å². The third kappa shape index (κ3) is 5.65. The van der Waals surface area contributed by atoms with Crippen molar-refractivity contribution < 1.29 is 18.0 Å². The lowest BCUT2D eigenvalue weighted by Crippen LogP contribution is -2.42. The van der Waals surface area contributed by atoms with Crippen LogP contribution in [0, 0.1) is 0 Å². The molecule has 1 fully saturated rings. The number of hydrogen-bond acceptors (Lipinski definition) is 4. The van der Waals surface area contributed by atoms with E-state index in [0.29, 0.717) is 19.5 Å². The first-order valence-corrected chi connectivity index (χ1v) is 9.30. The predicted octanol–water partition coefficient (Wildman–Crippen LogP) is 0.671. The van der Waals surface area contributed by atoms with Gasteiger partial charge in [0, 0.05) is 39.5 Å². The van der Waals surface area contributed by atoms with Gasteiger partial charge in [-0.05, 0) is 12.8 Å². The first-order valence-electron chi connectivity index (χ1n) is 7.48. The van der Waals surface area contributed by atoms with Crippen LogP contribution in [0.15, 0.2) is 0 Å². The summed E-state index contributed by atoms with van der Waals surface area (Å²) in [7, 11) is -1.27. The van der Waals surface area contributed by atoms with Crippen LogP contribution in [-0.2, 0) is 19.4 Å². The lowest BCUT2D eigenvalue weighted by atomic mass is 10.2. The molecular formula is C14H26N2O4S. The fourth-order valence-electron chi connectivity index (χ4n) is 2.55. The predicted molar refractivity (Wildman–Crippen MR) is 81.6 cm³/mol. The Hall–Kier alpha value is -1.11. The molecule has 1 rings (SSSR count). The van der Waals surface area contributed by atoms with E-state index in [-0.39, 0.29) is 35.8 Å². The van der Waals surface area contributed by atoms with Crippen molar-refractivity contribution in [2.45, 2.75) is 45.6 Å². The summed E-state index contributed by atoms with van der Waals surface area (Å²) >= 11 is 0. The average Bonchev–Trinajstić information content (AvgIpc) is 2.75. The monoisotopic (exact) mass is 318 g/mol. The Balaban J connectivity index is 2.53. The number of amides is 2. The van der Waals surface area contributed by atoms with Crippen molar-refractivity contribution in [1.29, 1.82) is 0 Å². The zero-order valence-electron chi connectivity index (χ0n) is 13.2. The molecule has 7 heteroatoms. The number of carbonyl (C=O) groups excluding carboxylic acids is 2. The Morgan fingerprint density at radius 1 is 1.24 bits per heavy atom. The molecule has 0 radical (unpaired) electrons. The summed E-state index contributed by atoms with van der Waals surface area (Å²) in [5.41, 5.74) is 0. The van der Waals surface area contributed by atoms with Gasteiger partial charge in [0.1, 0.15) is 0 Å². The highest BCUT2D eigenvalue weighted by Gasteiger charge is 2.33. The summed E-state index contributed by atoms with van der Waals surface area (Å²) in [6, 6.07) is -0.277. The summed E-state index contributed by atoms with van der Waals surface area (Å²) in [6.45, 7) is 4.50. The highest BCUT2D eigenvalue weighted by molar-refractivity contribution is 7.91. The molecule has 0 bridgehead atoms. The Bertz CT molecular complexity index is 475. The molecule has 1 saturated heterocycles. The average molecular weight is 318 g/mol. The van der Waals surface area contributed by atoms with Crippen molar-refractivity contribution >= 4 is 21.7 Å². The van der Waals surface area contributed by atoms with Crippen LogP contribution in [0.25, 0.3) is 0 Å². The molecule has 0 aromatic heterocycles. The van der Waals surface area contributed by atoms with Gasteiger partial charge in [-0.1, -0.05) is 13.3 Å². The molecule has 1 aliphatic heterocycles. The third-order valence-electron chi connectivity index (χ3n) is 3.89. The summed E-state index contributed by atoms with van der Waals surface area (Å²) in [5.74, 6) is -0.0187. The molecule has 0 N–H and O–H groups in total. The molecule has 0 saturated carbocycles. The van der Waals surface area contributed by atoms with Gasteiger partial charge in [0.15, 0.2) is 9.84 Å². The van der Waals surface area contributed by atoms with Gasteiger partial charge in [-0.25, -0.2) is 8.42 Å². The van der Waals surface area contributed by atoms with E-state index in [0.717, 1.165) is 12.8 Å². The van der Waals surface area contributed by atoms with Crippen molar-refractivity contribution in [1.82, 2.24) is 9.80 Å². The van der Waals surface area contributed by atoms with Crippen LogP contribution in [0.4, 0.5) is 0 Å². The molecule has 0 aromatic rings. The molecule has 122 valence electrons. The molecule has 1 heterocycles. The topological polar surface area (TPSA) is 74.8 Å². The molecule has 1 atom stereocenters. The van der Waals surface area contributed by atoms with E-state index in [1.807, 2.05) is 0 Å². The standard InChI is InChI=1S/C14H26N2O4S/c1-4-5-8-15(3)14(18)6-9-16(12(2)17)13-7-10-21(19,20)11-13/h13H,4-11H2,1-3H3. The van der Waals surface area contributed by atoms with E-state index in [9.17, 15) is 18.0 Å². The SMILES string of the molecule is CCCCN(C)C(=O)CCN(C(C)=O)C1CCS(=O)(=O)C1. The Morgan fingerprint density at radius 3 is 2.38 bits per heavy atom. The van der Waals surface area contributed by atoms with Crippen molar-refractivity contribution in [3.8, 4) is 0 Å². The number of nitrogens with zero attached hydrogens (tertiary/aromatic N) is 2. The van der Waals surface area contributed by atoms with E-state index >= 15 is 0 Å². The van der Waals surface area contributed by atoms with Crippen molar-refractivity contribution in [2.75, 3.05) is 31.6 Å². The largest absolute Gasteiger partial charge is 0.346 e. The minimum atomic E-state index is -3.03. The summed E-state index contributed by atoms with van der Waals surface area (Å²) in [5, 5.41) is 0. The second-order valence-electron chi connectivity index (χ2n) is 5.69. The summed E-state index contributed by atoms with van der Waals surface area (Å²) in [6.07, 6.45) is 2.70. The third-order valence-corrected chi connectivity index (χ3v) is 5.64. The van der Waals surface area contributed by atoms with Crippen LogP contribution >= 0.6 is 0 Å². The van der Waals surface area contributed by atoms with Crippen molar-refractivity contribution in [3.63, 3.8) is 0 Å². The summed E-state index contributed by atoms with van der Waals surface area (Å²) in [4.78, 5) is 26.9. The van der Waals surface area contributed by atoms with Crippen LogP contribution in [0.5, 0.6) is 0 Å². The molecular weight excluding hydrogens is 292 g/mol. The first-order chi connectivity index (χ1) is 9.76. The lowest BCUT2D eigenvalue weighted by Gasteiger charge is -2.27. The van der Waals surface area contributed by atoms with Gasteiger partial charge in [-0.3, -0.25) is 9.59 Å². The van der Waals surface area contributed by atoms with Gasteiger partial charge in [0.05, 0.1) is 11.5 Å². The minimum absolute atomic E-state index is 0.00412. The van der Waals surface area contributed by atoms with Gasteiger partial charge in [0.2, 0.25) is 11.8 Å². The fraction of sp³-hybridized carbons (Fsp3) is 0.857. The molecule has 6 nitrogen and oxygen atoms in total. The fourth-order valence-corrected chi connectivity index (χ4v) is 4.28. The second kappa shape index (κ2) is 7.77. The lowest BCUT2D eigenvalue weighted by molar-refractivity contribution is -0.133. The smallest absolute Gasteiger partial charge is 0.224 e. The maximum absolute atomic E-state index is 12.0. The van der Waals surface area contributed by atoms with Gasteiger partial charge in [-0.15, -0.1) is 0 Å². The van der Waals surface area contributed by atoms with E-state index in [2.05, 4.69) is 6.92 Å². The number of sulfone groups is 1. The summed E-state index contributed by atoms with van der Waals surface area (Å²) < 4.78 is 23.0. The number of carbonyl (C=O) groups is 2. The number of unbranched alkanes of at least 4 members (excludes halogenated alkanes) is 1. The molecule has 0 aromatic carbocycles. The molecule has 0 spiro atoms. The second-order valence-corrected chi connectivity index (χ2v) is 7.92. The van der Waals surface area contributed by atoms with Gasteiger partial charge in [0.25, 0.3) is 0 Å². The molecule has 1 aliphatic rings. The number of rotatable bonds is 7. The van der Waals surface area contributed by atoms with Gasteiger partial charge in [-0.2, -0.15) is 0 Å². The van der Waals surface area contributed by atoms with E-state index in [1.54, 1.807) is 11.9 Å². The van der Waals surface area contributed by atoms with Gasteiger partial charge >= 0.3 is 0 Å². The molecule has 2 amide bonds. The maximum atomic E-state index is 12.0. The Morgan fingerprint density at radius 2 is 1.90 bits per heavy atom. The highest BCUT2D eigenvalue weighted by Crippen LogP contribution is 2.18. The van der Waals surface area contributed by atoms with Crippen LogP contribution < -0.4 is 0 Å². The van der Waals surface area contributed by atoms with E-state index in [1.165, 1.54) is 11.8 Å². The number of hydrogen-bond donors (Lipinski definition) is 0. The Kier molecular flexibility index (Phi) is 6.64. The molecule has 1 unspecified atom stereocenters. The normalized spacial score (nSPS) is 20.2. The molecule has 0 aliphatic carbocycles. The zero-order valence-corrected chi connectivity index (χ0v) is 14.0. The first kappa shape index (κ1) is 17.9. The minimum Gasteiger partial charge on any atom is -0.346 e. The Labute approximate surface area is 127 Å². The van der Waals surface area contributed by atoms with Crippen LogP contribution in [0.1, 0.15) is 39.5 Å². The van der Waals surface area contributed by atoms with Crippen LogP contribution in [0.3, 0.4) is 0 Å². The molecule has 21 heavy (non-hydrogen) atoms. The highest BCUT2D eigenvalue weighted by atomic mass is 32.2. The maximum Gasteiger partial charge on any atom is 0.224 e. The van der Waals surface area contributed by atoms with Crippen molar-refractivity contribution in [3.05, 3.63) is 0 Å². The van der Waals surface area contributed by atoms with Crippen LogP contribution in [-0.4, -0.2) is 67.7 Å². The van der Waals surface area contributed by atoms with E-state index in [4.69, 9.17) is 0 Å². The van der Waals surface area contributed by atoms with Gasteiger partial charge < -0.3 is 9.80 Å².